The van der Waals surface area contributed by atoms with E-state index in [1.54, 1.807) is 0 Å². The fourth-order valence-corrected chi connectivity index (χ4v) is 5.59. The van der Waals surface area contributed by atoms with Crippen LogP contribution in [0.5, 0.6) is 0 Å². The van der Waals surface area contributed by atoms with Crippen LogP contribution in [0.4, 0.5) is 0 Å². The molecule has 5 atom stereocenters. The molecule has 3 rings (SSSR count). The first-order valence-corrected chi connectivity index (χ1v) is 7.49. The summed E-state index contributed by atoms with van der Waals surface area (Å²) in [5.41, 5.74) is 0.674. The van der Waals surface area contributed by atoms with Crippen molar-refractivity contribution < 1.29 is 4.74 Å². The van der Waals surface area contributed by atoms with Gasteiger partial charge in [0.2, 0.25) is 0 Å². The van der Waals surface area contributed by atoms with Gasteiger partial charge in [0.1, 0.15) is 0 Å². The summed E-state index contributed by atoms with van der Waals surface area (Å²) in [4.78, 5) is 0. The van der Waals surface area contributed by atoms with E-state index in [1.807, 2.05) is 0 Å². The van der Waals surface area contributed by atoms with Crippen LogP contribution < -0.4 is 0 Å². The van der Waals surface area contributed by atoms with Gasteiger partial charge in [0.15, 0.2) is 0 Å². The fourth-order valence-electron chi connectivity index (χ4n) is 5.59. The van der Waals surface area contributed by atoms with E-state index in [4.69, 9.17) is 4.74 Å². The Morgan fingerprint density at radius 3 is 2.24 bits per heavy atom. The minimum absolute atomic E-state index is 0.113. The van der Waals surface area contributed by atoms with Crippen molar-refractivity contribution in [2.24, 2.45) is 29.1 Å². The summed E-state index contributed by atoms with van der Waals surface area (Å²) in [5.74, 6) is 3.71. The third-order valence-electron chi connectivity index (χ3n) is 6.19. The molecule has 1 saturated heterocycles. The molecule has 2 bridgehead atoms. The van der Waals surface area contributed by atoms with Gasteiger partial charge in [-0.2, -0.15) is 0 Å². The van der Waals surface area contributed by atoms with E-state index >= 15 is 0 Å². The van der Waals surface area contributed by atoms with Crippen LogP contribution in [0.25, 0.3) is 0 Å². The van der Waals surface area contributed by atoms with Crippen molar-refractivity contribution in [2.45, 2.75) is 72.0 Å². The van der Waals surface area contributed by atoms with Gasteiger partial charge in [0.05, 0.1) is 11.7 Å². The van der Waals surface area contributed by atoms with Gasteiger partial charge in [0, 0.05) is 0 Å². The highest BCUT2D eigenvalue weighted by Crippen LogP contribution is 2.63. The quantitative estimate of drug-likeness (QED) is 0.661. The first kappa shape index (κ1) is 12.0. The van der Waals surface area contributed by atoms with E-state index < -0.39 is 0 Å². The monoisotopic (exact) mass is 236 g/mol. The zero-order chi connectivity index (χ0) is 12.4. The van der Waals surface area contributed by atoms with Crippen molar-refractivity contribution in [3.05, 3.63) is 0 Å². The second-order valence-corrected chi connectivity index (χ2v) is 8.07. The molecule has 0 aromatic carbocycles. The molecule has 5 unspecified atom stereocenters. The summed E-state index contributed by atoms with van der Waals surface area (Å²) in [6, 6.07) is 0. The van der Waals surface area contributed by atoms with Crippen LogP contribution >= 0.6 is 0 Å². The standard InChI is InChI=1S/C16H28O/c1-10-13(9-15(2,3)17-10)14-11-6-7-12(8-11)16(14,4)5/h10-14H,6-9H2,1-5H3. The molecule has 0 N–H and O–H groups in total. The summed E-state index contributed by atoms with van der Waals surface area (Å²) in [7, 11) is 0. The minimum Gasteiger partial charge on any atom is -0.372 e. The van der Waals surface area contributed by atoms with Gasteiger partial charge in [-0.15, -0.1) is 0 Å². The third kappa shape index (κ3) is 1.69. The molecule has 3 fully saturated rings. The molecule has 0 aromatic heterocycles. The Morgan fingerprint density at radius 1 is 1.06 bits per heavy atom. The minimum atomic E-state index is 0.113. The van der Waals surface area contributed by atoms with E-state index in [9.17, 15) is 0 Å². The molecule has 0 spiro atoms. The first-order valence-electron chi connectivity index (χ1n) is 7.49. The maximum absolute atomic E-state index is 6.17. The average Bonchev–Trinajstić information content (AvgIpc) is 2.77. The molecule has 2 saturated carbocycles. The normalized spacial score (nSPS) is 51.0. The maximum atomic E-state index is 6.17. The highest BCUT2D eigenvalue weighted by atomic mass is 16.5. The van der Waals surface area contributed by atoms with Crippen LogP contribution in [0.15, 0.2) is 0 Å². The lowest BCUT2D eigenvalue weighted by molar-refractivity contribution is -0.0262. The topological polar surface area (TPSA) is 9.23 Å². The van der Waals surface area contributed by atoms with Crippen LogP contribution in [0.2, 0.25) is 0 Å². The fraction of sp³-hybridized carbons (Fsp3) is 1.00. The van der Waals surface area contributed by atoms with Gasteiger partial charge >= 0.3 is 0 Å². The van der Waals surface area contributed by atoms with Crippen LogP contribution in [-0.4, -0.2) is 11.7 Å². The van der Waals surface area contributed by atoms with Crippen molar-refractivity contribution in [3.63, 3.8) is 0 Å². The molecule has 0 radical (unpaired) electrons. The zero-order valence-corrected chi connectivity index (χ0v) is 12.1. The lowest BCUT2D eigenvalue weighted by Gasteiger charge is -2.42. The Morgan fingerprint density at radius 2 is 1.76 bits per heavy atom. The number of hydrogen-bond donors (Lipinski definition) is 0. The predicted octanol–water partition coefficient (Wildman–Crippen LogP) is 4.26. The molecule has 2 aliphatic carbocycles. The molecule has 1 nitrogen and oxygen atoms in total. The Kier molecular flexibility index (Phi) is 2.47. The Labute approximate surface area is 106 Å². The van der Waals surface area contributed by atoms with Crippen molar-refractivity contribution in [2.75, 3.05) is 0 Å². The highest BCUT2D eigenvalue weighted by Gasteiger charge is 2.58. The Hall–Kier alpha value is -0.0400. The van der Waals surface area contributed by atoms with Gasteiger partial charge in [-0.3, -0.25) is 0 Å². The summed E-state index contributed by atoms with van der Waals surface area (Å²) < 4.78 is 6.17. The molecule has 17 heavy (non-hydrogen) atoms. The molecular weight excluding hydrogens is 208 g/mol. The molecule has 1 heteroatoms. The average molecular weight is 236 g/mol. The number of ether oxygens (including phenoxy) is 1. The van der Waals surface area contributed by atoms with Gasteiger partial charge in [0.25, 0.3) is 0 Å². The molecular formula is C16H28O. The van der Waals surface area contributed by atoms with Crippen LogP contribution in [0.1, 0.15) is 60.3 Å². The lowest BCUT2D eigenvalue weighted by atomic mass is 9.62. The van der Waals surface area contributed by atoms with Crippen LogP contribution in [0.3, 0.4) is 0 Å². The highest BCUT2D eigenvalue weighted by molar-refractivity contribution is 5.06. The predicted molar refractivity (Wildman–Crippen MR) is 70.8 cm³/mol. The molecule has 0 aromatic rings. The maximum Gasteiger partial charge on any atom is 0.0634 e. The van der Waals surface area contributed by atoms with Crippen molar-refractivity contribution in [3.8, 4) is 0 Å². The van der Waals surface area contributed by atoms with Gasteiger partial charge in [-0.25, -0.2) is 0 Å². The smallest absolute Gasteiger partial charge is 0.0634 e. The summed E-state index contributed by atoms with van der Waals surface area (Å²) >= 11 is 0. The van der Waals surface area contributed by atoms with E-state index in [1.165, 1.54) is 25.7 Å². The summed E-state index contributed by atoms with van der Waals surface area (Å²) in [6.07, 6.45) is 6.21. The van der Waals surface area contributed by atoms with E-state index in [-0.39, 0.29) is 5.60 Å². The Bertz CT molecular complexity index is 317. The molecule has 3 aliphatic rings. The van der Waals surface area contributed by atoms with Crippen LogP contribution in [0, 0.1) is 29.1 Å². The Balaban J connectivity index is 1.85. The van der Waals surface area contributed by atoms with Crippen molar-refractivity contribution in [1.82, 2.24) is 0 Å². The van der Waals surface area contributed by atoms with E-state index in [0.29, 0.717) is 11.5 Å². The largest absolute Gasteiger partial charge is 0.372 e. The van der Waals surface area contributed by atoms with Crippen molar-refractivity contribution >= 4 is 0 Å². The zero-order valence-electron chi connectivity index (χ0n) is 12.1. The van der Waals surface area contributed by atoms with Crippen LogP contribution in [-0.2, 0) is 4.74 Å². The molecule has 1 aliphatic heterocycles. The number of fused-ring (bicyclic) bond motifs is 2. The summed E-state index contributed by atoms with van der Waals surface area (Å²) in [6.45, 7) is 11.9. The van der Waals surface area contributed by atoms with Crippen molar-refractivity contribution in [1.29, 1.82) is 0 Å². The second-order valence-electron chi connectivity index (χ2n) is 8.07. The van der Waals surface area contributed by atoms with E-state index in [2.05, 4.69) is 34.6 Å². The van der Waals surface area contributed by atoms with E-state index in [0.717, 1.165) is 23.7 Å². The molecule has 1 heterocycles. The van der Waals surface area contributed by atoms with Gasteiger partial charge in [-0.05, 0) is 75.5 Å². The molecule has 98 valence electrons. The SMILES string of the molecule is CC1OC(C)(C)CC1C1C2CCC(C2)C1(C)C. The van der Waals surface area contributed by atoms with Gasteiger partial charge < -0.3 is 4.74 Å². The second kappa shape index (κ2) is 3.50. The summed E-state index contributed by atoms with van der Waals surface area (Å²) in [5, 5.41) is 0. The molecule has 0 amide bonds. The number of hydrogen-bond acceptors (Lipinski definition) is 1. The van der Waals surface area contributed by atoms with Gasteiger partial charge in [-0.1, -0.05) is 13.8 Å². The third-order valence-corrected chi connectivity index (χ3v) is 6.19. The first-order chi connectivity index (χ1) is 7.81. The lowest BCUT2D eigenvalue weighted by Crippen LogP contribution is -2.38. The number of rotatable bonds is 1.